The molecule has 15 heavy (non-hydrogen) atoms. The van der Waals surface area contributed by atoms with Gasteiger partial charge in [-0.05, 0) is 6.42 Å². The van der Waals surface area contributed by atoms with Gasteiger partial charge in [-0.25, -0.2) is 14.6 Å². The molecule has 0 aliphatic rings. The third-order valence-electron chi connectivity index (χ3n) is 2.32. The van der Waals surface area contributed by atoms with Gasteiger partial charge in [0.2, 0.25) is 0 Å². The molecule has 0 saturated carbocycles. The van der Waals surface area contributed by atoms with Crippen LogP contribution in [0.5, 0.6) is 0 Å². The molecule has 3 N–H and O–H groups in total. The fourth-order valence-corrected chi connectivity index (χ4v) is 1.41. The standard InChI is InChI=1S/C8H12N6O/c1-2-5(3-15)14-8-6(12-13-14)7(9)10-4-11-8/h4-5,15H,2-3H2,1H3,(H2,9,10,11). The van der Waals surface area contributed by atoms with Gasteiger partial charge in [0.05, 0.1) is 12.6 Å². The highest BCUT2D eigenvalue weighted by molar-refractivity contribution is 5.80. The minimum atomic E-state index is -0.121. The second kappa shape index (κ2) is 3.77. The summed E-state index contributed by atoms with van der Waals surface area (Å²) < 4.78 is 1.58. The summed E-state index contributed by atoms with van der Waals surface area (Å²) in [5, 5.41) is 17.0. The van der Waals surface area contributed by atoms with E-state index in [2.05, 4.69) is 20.3 Å². The molecule has 2 rings (SSSR count). The minimum Gasteiger partial charge on any atom is -0.394 e. The maximum Gasteiger partial charge on any atom is 0.184 e. The van der Waals surface area contributed by atoms with E-state index in [1.54, 1.807) is 4.68 Å². The van der Waals surface area contributed by atoms with Gasteiger partial charge in [0, 0.05) is 0 Å². The number of fused-ring (bicyclic) bond motifs is 1. The molecule has 7 nitrogen and oxygen atoms in total. The van der Waals surface area contributed by atoms with E-state index in [4.69, 9.17) is 10.8 Å². The van der Waals surface area contributed by atoms with Gasteiger partial charge < -0.3 is 10.8 Å². The van der Waals surface area contributed by atoms with Gasteiger partial charge in [0.15, 0.2) is 17.0 Å². The second-order valence-electron chi connectivity index (χ2n) is 3.21. The Morgan fingerprint density at radius 2 is 2.33 bits per heavy atom. The molecule has 0 bridgehead atoms. The summed E-state index contributed by atoms with van der Waals surface area (Å²) in [6.45, 7) is 1.96. The van der Waals surface area contributed by atoms with Gasteiger partial charge in [-0.3, -0.25) is 0 Å². The lowest BCUT2D eigenvalue weighted by Gasteiger charge is -2.11. The highest BCUT2D eigenvalue weighted by atomic mass is 16.3. The molecule has 7 heteroatoms. The van der Waals surface area contributed by atoms with Crippen LogP contribution in [-0.4, -0.2) is 36.7 Å². The number of hydrogen-bond acceptors (Lipinski definition) is 6. The first kappa shape index (κ1) is 9.78. The molecule has 80 valence electrons. The van der Waals surface area contributed by atoms with Crippen LogP contribution in [0.3, 0.4) is 0 Å². The first-order valence-electron chi connectivity index (χ1n) is 4.70. The van der Waals surface area contributed by atoms with Crippen molar-refractivity contribution in [2.24, 2.45) is 0 Å². The zero-order valence-corrected chi connectivity index (χ0v) is 8.33. The molecule has 0 spiro atoms. The second-order valence-corrected chi connectivity index (χ2v) is 3.21. The fraction of sp³-hybridized carbons (Fsp3) is 0.500. The molecule has 0 amide bonds. The van der Waals surface area contributed by atoms with Crippen LogP contribution < -0.4 is 5.73 Å². The summed E-state index contributed by atoms with van der Waals surface area (Å²) >= 11 is 0. The maximum atomic E-state index is 9.16. The Morgan fingerprint density at radius 1 is 1.53 bits per heavy atom. The topological polar surface area (TPSA) is 103 Å². The Kier molecular flexibility index (Phi) is 2.46. The Bertz CT molecular complexity index is 463. The van der Waals surface area contributed by atoms with Crippen LogP contribution in [0.2, 0.25) is 0 Å². The lowest BCUT2D eigenvalue weighted by Crippen LogP contribution is -2.14. The van der Waals surface area contributed by atoms with E-state index >= 15 is 0 Å². The first-order chi connectivity index (χ1) is 7.27. The van der Waals surface area contributed by atoms with E-state index in [1.165, 1.54) is 6.33 Å². The number of rotatable bonds is 3. The average molecular weight is 208 g/mol. The molecular weight excluding hydrogens is 196 g/mol. The summed E-state index contributed by atoms with van der Waals surface area (Å²) in [4.78, 5) is 7.87. The molecular formula is C8H12N6O. The predicted molar refractivity (Wildman–Crippen MR) is 53.9 cm³/mol. The van der Waals surface area contributed by atoms with E-state index in [9.17, 15) is 0 Å². The third kappa shape index (κ3) is 1.50. The summed E-state index contributed by atoms with van der Waals surface area (Å²) in [7, 11) is 0. The van der Waals surface area contributed by atoms with Crippen LogP contribution in [-0.2, 0) is 0 Å². The third-order valence-corrected chi connectivity index (χ3v) is 2.32. The van der Waals surface area contributed by atoms with Crippen LogP contribution in [0.1, 0.15) is 19.4 Å². The van der Waals surface area contributed by atoms with Gasteiger partial charge in [-0.15, -0.1) is 5.10 Å². The number of aliphatic hydroxyl groups excluding tert-OH is 1. The lowest BCUT2D eigenvalue weighted by atomic mass is 10.2. The molecule has 1 unspecified atom stereocenters. The molecule has 0 fully saturated rings. The minimum absolute atomic E-state index is 0.00112. The smallest absolute Gasteiger partial charge is 0.184 e. The number of nitrogen functional groups attached to an aromatic ring is 1. The number of nitrogens with zero attached hydrogens (tertiary/aromatic N) is 5. The number of aromatic nitrogens is 5. The number of nitrogens with two attached hydrogens (primary N) is 1. The number of aliphatic hydroxyl groups is 1. The van der Waals surface area contributed by atoms with E-state index in [1.807, 2.05) is 6.92 Å². The summed E-state index contributed by atoms with van der Waals surface area (Å²) in [6.07, 6.45) is 2.11. The molecule has 2 aromatic rings. The van der Waals surface area contributed by atoms with Crippen molar-refractivity contribution in [3.63, 3.8) is 0 Å². The van der Waals surface area contributed by atoms with Crippen LogP contribution in [0.15, 0.2) is 6.33 Å². The molecule has 1 atom stereocenters. The first-order valence-corrected chi connectivity index (χ1v) is 4.70. The zero-order valence-electron chi connectivity index (χ0n) is 8.33. The van der Waals surface area contributed by atoms with Crippen LogP contribution in [0.25, 0.3) is 11.2 Å². The van der Waals surface area contributed by atoms with Crippen molar-refractivity contribution in [3.8, 4) is 0 Å². The Morgan fingerprint density at radius 3 is 3.00 bits per heavy atom. The van der Waals surface area contributed by atoms with Crippen LogP contribution in [0.4, 0.5) is 5.82 Å². The maximum absolute atomic E-state index is 9.16. The molecule has 0 saturated heterocycles. The van der Waals surface area contributed by atoms with Crippen molar-refractivity contribution in [1.29, 1.82) is 0 Å². The van der Waals surface area contributed by atoms with Crippen LogP contribution >= 0.6 is 0 Å². The molecule has 0 aromatic carbocycles. The predicted octanol–water partition coefficient (Wildman–Crippen LogP) is -0.253. The van der Waals surface area contributed by atoms with Crippen molar-refractivity contribution >= 4 is 17.0 Å². The van der Waals surface area contributed by atoms with Crippen molar-refractivity contribution in [2.45, 2.75) is 19.4 Å². The Hall–Kier alpha value is -1.76. The number of anilines is 1. The zero-order chi connectivity index (χ0) is 10.8. The quantitative estimate of drug-likeness (QED) is 0.720. The van der Waals surface area contributed by atoms with Crippen molar-refractivity contribution in [3.05, 3.63) is 6.33 Å². The monoisotopic (exact) mass is 208 g/mol. The van der Waals surface area contributed by atoms with Gasteiger partial charge in [-0.1, -0.05) is 12.1 Å². The SMILES string of the molecule is CCC(CO)n1nnc2c(N)ncnc21. The van der Waals surface area contributed by atoms with E-state index in [-0.39, 0.29) is 12.6 Å². The number of hydrogen-bond donors (Lipinski definition) is 2. The highest BCUT2D eigenvalue weighted by Gasteiger charge is 2.15. The van der Waals surface area contributed by atoms with E-state index < -0.39 is 0 Å². The van der Waals surface area contributed by atoms with E-state index in [0.717, 1.165) is 6.42 Å². The van der Waals surface area contributed by atoms with Gasteiger partial charge in [0.25, 0.3) is 0 Å². The largest absolute Gasteiger partial charge is 0.394 e. The van der Waals surface area contributed by atoms with Crippen LogP contribution in [0, 0.1) is 0 Å². The molecule has 0 aliphatic carbocycles. The summed E-state index contributed by atoms with van der Waals surface area (Å²) in [6, 6.07) is -0.121. The normalized spacial score (nSPS) is 13.2. The van der Waals surface area contributed by atoms with Gasteiger partial charge in [-0.2, -0.15) is 0 Å². The summed E-state index contributed by atoms with van der Waals surface area (Å²) in [5.74, 6) is 0.305. The van der Waals surface area contributed by atoms with Gasteiger partial charge >= 0.3 is 0 Å². The van der Waals surface area contributed by atoms with Crippen molar-refractivity contribution < 1.29 is 5.11 Å². The Labute approximate surface area is 85.9 Å². The molecule has 2 aromatic heterocycles. The molecule has 2 heterocycles. The van der Waals surface area contributed by atoms with E-state index in [0.29, 0.717) is 17.0 Å². The van der Waals surface area contributed by atoms with Gasteiger partial charge in [0.1, 0.15) is 6.33 Å². The average Bonchev–Trinajstić information content (AvgIpc) is 2.66. The molecule has 0 radical (unpaired) electrons. The Balaban J connectivity index is 2.58. The summed E-state index contributed by atoms with van der Waals surface area (Å²) in [5.41, 5.74) is 6.66. The van der Waals surface area contributed by atoms with Crippen molar-refractivity contribution in [1.82, 2.24) is 25.0 Å². The van der Waals surface area contributed by atoms with Crippen molar-refractivity contribution in [2.75, 3.05) is 12.3 Å². The lowest BCUT2D eigenvalue weighted by molar-refractivity contribution is 0.215. The fourth-order valence-electron chi connectivity index (χ4n) is 1.41. The molecule has 0 aliphatic heterocycles. The highest BCUT2D eigenvalue weighted by Crippen LogP contribution is 2.17.